The maximum Gasteiger partial charge on any atom is 0.306 e. The van der Waals surface area contributed by atoms with Crippen molar-refractivity contribution in [1.29, 1.82) is 5.26 Å². The van der Waals surface area contributed by atoms with Gasteiger partial charge in [0.25, 0.3) is 5.56 Å². The topological polar surface area (TPSA) is 97.2 Å². The summed E-state index contributed by atoms with van der Waals surface area (Å²) in [4.78, 5) is 27.8. The Morgan fingerprint density at radius 3 is 2.48 bits per heavy atom. The van der Waals surface area contributed by atoms with E-state index in [1.807, 2.05) is 30.3 Å². The van der Waals surface area contributed by atoms with E-state index in [0.29, 0.717) is 37.2 Å². The highest BCUT2D eigenvalue weighted by Gasteiger charge is 2.24. The number of carboxylic acids is 1. The zero-order valence-corrected chi connectivity index (χ0v) is 14.0. The van der Waals surface area contributed by atoms with Crippen molar-refractivity contribution in [2.45, 2.75) is 19.8 Å². The van der Waals surface area contributed by atoms with Crippen LogP contribution in [0.1, 0.15) is 24.1 Å². The number of hydrogen-bond acceptors (Lipinski definition) is 4. The Morgan fingerprint density at radius 2 is 1.92 bits per heavy atom. The van der Waals surface area contributed by atoms with E-state index in [2.05, 4.69) is 9.88 Å². The third kappa shape index (κ3) is 3.41. The van der Waals surface area contributed by atoms with Crippen LogP contribution in [0.25, 0.3) is 11.1 Å². The summed E-state index contributed by atoms with van der Waals surface area (Å²) in [6.07, 6.45) is 1.28. The number of nitrogens with zero attached hydrogens (tertiary/aromatic N) is 2. The van der Waals surface area contributed by atoms with E-state index < -0.39 is 5.97 Å². The summed E-state index contributed by atoms with van der Waals surface area (Å²) >= 11 is 0. The van der Waals surface area contributed by atoms with Gasteiger partial charge >= 0.3 is 5.97 Å². The van der Waals surface area contributed by atoms with E-state index in [9.17, 15) is 14.9 Å². The number of aromatic nitrogens is 1. The average Bonchev–Trinajstić information content (AvgIpc) is 2.61. The molecule has 1 aliphatic rings. The van der Waals surface area contributed by atoms with Gasteiger partial charge in [0.05, 0.1) is 5.92 Å². The fraction of sp³-hybridized carbons (Fsp3) is 0.316. The van der Waals surface area contributed by atoms with Crippen molar-refractivity contribution in [2.24, 2.45) is 5.92 Å². The highest BCUT2D eigenvalue weighted by molar-refractivity contribution is 5.72. The molecule has 0 amide bonds. The Hall–Kier alpha value is -3.07. The van der Waals surface area contributed by atoms with Gasteiger partial charge in [-0.1, -0.05) is 12.1 Å². The third-order valence-corrected chi connectivity index (χ3v) is 4.67. The van der Waals surface area contributed by atoms with E-state index in [4.69, 9.17) is 5.11 Å². The van der Waals surface area contributed by atoms with Crippen LogP contribution in [0.15, 0.2) is 35.1 Å². The number of rotatable bonds is 3. The van der Waals surface area contributed by atoms with Crippen LogP contribution in [0.4, 0.5) is 5.69 Å². The van der Waals surface area contributed by atoms with Gasteiger partial charge < -0.3 is 15.0 Å². The van der Waals surface area contributed by atoms with Crippen molar-refractivity contribution in [3.63, 3.8) is 0 Å². The summed E-state index contributed by atoms with van der Waals surface area (Å²) < 4.78 is 0. The lowest BCUT2D eigenvalue weighted by Gasteiger charge is -2.32. The molecule has 6 nitrogen and oxygen atoms in total. The van der Waals surface area contributed by atoms with Crippen LogP contribution in [-0.4, -0.2) is 29.1 Å². The number of benzene rings is 1. The van der Waals surface area contributed by atoms with Gasteiger partial charge in [-0.3, -0.25) is 9.59 Å². The predicted octanol–water partition coefficient (Wildman–Crippen LogP) is 2.52. The van der Waals surface area contributed by atoms with Gasteiger partial charge in [0, 0.05) is 30.0 Å². The molecule has 1 aromatic heterocycles. The van der Waals surface area contributed by atoms with Crippen molar-refractivity contribution in [3.8, 4) is 17.2 Å². The van der Waals surface area contributed by atoms with Crippen LogP contribution in [0.3, 0.4) is 0 Å². The number of carboxylic acid groups (broad SMARTS) is 1. The zero-order valence-electron chi connectivity index (χ0n) is 14.0. The molecule has 0 aliphatic carbocycles. The first kappa shape index (κ1) is 16.8. The average molecular weight is 337 g/mol. The number of piperidine rings is 1. The Labute approximate surface area is 145 Å². The second-order valence-corrected chi connectivity index (χ2v) is 6.33. The molecular formula is C19H19N3O3. The van der Waals surface area contributed by atoms with E-state index in [1.54, 1.807) is 13.0 Å². The normalized spacial score (nSPS) is 15.0. The largest absolute Gasteiger partial charge is 0.481 e. The summed E-state index contributed by atoms with van der Waals surface area (Å²) in [5.74, 6) is -0.976. The van der Waals surface area contributed by atoms with Gasteiger partial charge in [0.15, 0.2) is 0 Å². The first-order chi connectivity index (χ1) is 12.0. The van der Waals surface area contributed by atoms with E-state index in [-0.39, 0.29) is 17.0 Å². The monoisotopic (exact) mass is 337 g/mol. The van der Waals surface area contributed by atoms with Crippen molar-refractivity contribution in [1.82, 2.24) is 4.98 Å². The van der Waals surface area contributed by atoms with Crippen LogP contribution in [0.5, 0.6) is 0 Å². The number of aliphatic carboxylic acids is 1. The third-order valence-electron chi connectivity index (χ3n) is 4.67. The number of carbonyl (C=O) groups is 1. The van der Waals surface area contributed by atoms with Gasteiger partial charge in [0.2, 0.25) is 0 Å². The Bertz CT molecular complexity index is 886. The zero-order chi connectivity index (χ0) is 18.0. The Balaban J connectivity index is 1.84. The predicted molar refractivity (Wildman–Crippen MR) is 94.5 cm³/mol. The molecule has 2 heterocycles. The first-order valence-electron chi connectivity index (χ1n) is 8.22. The highest BCUT2D eigenvalue weighted by atomic mass is 16.4. The lowest BCUT2D eigenvalue weighted by Crippen LogP contribution is -2.36. The van der Waals surface area contributed by atoms with Crippen molar-refractivity contribution in [2.75, 3.05) is 18.0 Å². The number of H-pyrrole nitrogens is 1. The molecular weight excluding hydrogens is 318 g/mol. The van der Waals surface area contributed by atoms with Gasteiger partial charge in [-0.2, -0.15) is 5.26 Å². The number of hydrogen-bond donors (Lipinski definition) is 2. The maximum atomic E-state index is 11.9. The van der Waals surface area contributed by atoms with Crippen LogP contribution >= 0.6 is 0 Å². The minimum Gasteiger partial charge on any atom is -0.481 e. The van der Waals surface area contributed by atoms with Crippen molar-refractivity contribution < 1.29 is 9.90 Å². The van der Waals surface area contributed by atoms with Gasteiger partial charge in [-0.05, 0) is 43.5 Å². The van der Waals surface area contributed by atoms with Crippen LogP contribution in [-0.2, 0) is 4.79 Å². The van der Waals surface area contributed by atoms with Crippen molar-refractivity contribution in [3.05, 3.63) is 51.9 Å². The fourth-order valence-electron chi connectivity index (χ4n) is 3.26. The quantitative estimate of drug-likeness (QED) is 0.897. The molecule has 2 N–H and O–H groups in total. The molecule has 1 fully saturated rings. The minimum absolute atomic E-state index is 0.112. The molecule has 3 rings (SSSR count). The van der Waals surface area contributed by atoms with E-state index >= 15 is 0 Å². The number of aromatic amines is 1. The van der Waals surface area contributed by atoms with Crippen LogP contribution in [0.2, 0.25) is 0 Å². The number of anilines is 1. The molecule has 1 saturated heterocycles. The summed E-state index contributed by atoms with van der Waals surface area (Å²) in [5, 5.41) is 18.3. The standard InChI is InChI=1S/C19H19N3O3/c1-12-10-16(17(11-20)18(23)21-12)13-2-4-15(5-3-13)22-8-6-14(7-9-22)19(24)25/h2-5,10,14H,6-9H2,1H3,(H,21,23)(H,24,25). The Morgan fingerprint density at radius 1 is 1.28 bits per heavy atom. The van der Waals surface area contributed by atoms with Gasteiger partial charge in [-0.15, -0.1) is 0 Å². The number of nitriles is 1. The second kappa shape index (κ2) is 6.81. The van der Waals surface area contributed by atoms with Crippen LogP contribution in [0, 0.1) is 24.2 Å². The molecule has 2 aromatic rings. The molecule has 0 radical (unpaired) electrons. The molecule has 1 aliphatic heterocycles. The SMILES string of the molecule is Cc1cc(-c2ccc(N3CCC(C(=O)O)CC3)cc2)c(C#N)c(=O)[nH]1. The molecule has 6 heteroatoms. The number of aryl methyl sites for hydroxylation is 1. The maximum absolute atomic E-state index is 11.9. The van der Waals surface area contributed by atoms with Gasteiger partial charge in [-0.25, -0.2) is 0 Å². The molecule has 1 aromatic carbocycles. The lowest BCUT2D eigenvalue weighted by atomic mass is 9.96. The second-order valence-electron chi connectivity index (χ2n) is 6.33. The molecule has 0 saturated carbocycles. The van der Waals surface area contributed by atoms with Crippen molar-refractivity contribution >= 4 is 11.7 Å². The molecule has 0 bridgehead atoms. The fourth-order valence-corrected chi connectivity index (χ4v) is 3.26. The summed E-state index contributed by atoms with van der Waals surface area (Å²) in [6.45, 7) is 3.21. The first-order valence-corrected chi connectivity index (χ1v) is 8.22. The van der Waals surface area contributed by atoms with E-state index in [1.165, 1.54) is 0 Å². The number of pyridine rings is 1. The smallest absolute Gasteiger partial charge is 0.306 e. The molecule has 128 valence electrons. The molecule has 25 heavy (non-hydrogen) atoms. The Kier molecular flexibility index (Phi) is 4.57. The summed E-state index contributed by atoms with van der Waals surface area (Å²) in [7, 11) is 0. The minimum atomic E-state index is -0.719. The lowest BCUT2D eigenvalue weighted by molar-refractivity contribution is -0.142. The summed E-state index contributed by atoms with van der Waals surface area (Å²) in [5.41, 5.74) is 2.90. The van der Waals surface area contributed by atoms with E-state index in [0.717, 1.165) is 11.3 Å². The van der Waals surface area contributed by atoms with Crippen LogP contribution < -0.4 is 10.5 Å². The number of nitrogens with one attached hydrogen (secondary N) is 1. The molecule has 0 unspecified atom stereocenters. The molecule has 0 spiro atoms. The van der Waals surface area contributed by atoms with Gasteiger partial charge in [0.1, 0.15) is 11.6 Å². The molecule has 0 atom stereocenters. The summed E-state index contributed by atoms with van der Waals surface area (Å²) in [6, 6.07) is 11.5. The highest BCUT2D eigenvalue weighted by Crippen LogP contribution is 2.27.